The molecule has 0 aliphatic heterocycles. The zero-order chi connectivity index (χ0) is 21.1. The first-order chi connectivity index (χ1) is 14.5. The van der Waals surface area contributed by atoms with Gasteiger partial charge in [0.1, 0.15) is 5.58 Å². The Hall–Kier alpha value is -3.12. The standard InChI is InChI=1S/C24H26N2O4/c1-3-29-24(28)25-18-11-12-20-17(13-23(27)30-22(20)14-18)15-26(2)21-10-6-8-16-7-4-5-9-19(16)21/h4-5,7,9,11-14,21H,3,6,8,10,15H2,1-2H3,(H,25,28). The average molecular weight is 406 g/mol. The third-order valence-corrected chi connectivity index (χ3v) is 5.64. The van der Waals surface area contributed by atoms with E-state index in [0.29, 0.717) is 23.9 Å². The zero-order valence-corrected chi connectivity index (χ0v) is 17.3. The fourth-order valence-corrected chi connectivity index (χ4v) is 4.29. The second-order valence-electron chi connectivity index (χ2n) is 7.67. The highest BCUT2D eigenvalue weighted by Gasteiger charge is 2.24. The van der Waals surface area contributed by atoms with Crippen molar-refractivity contribution in [2.24, 2.45) is 0 Å². The summed E-state index contributed by atoms with van der Waals surface area (Å²) in [5, 5.41) is 3.50. The lowest BCUT2D eigenvalue weighted by Crippen LogP contribution is -2.27. The van der Waals surface area contributed by atoms with E-state index in [9.17, 15) is 9.59 Å². The number of amides is 1. The number of nitrogens with one attached hydrogen (secondary N) is 1. The van der Waals surface area contributed by atoms with Crippen LogP contribution in [0.25, 0.3) is 11.0 Å². The second-order valence-corrected chi connectivity index (χ2v) is 7.67. The minimum atomic E-state index is -0.536. The van der Waals surface area contributed by atoms with Gasteiger partial charge in [-0.1, -0.05) is 24.3 Å². The highest BCUT2D eigenvalue weighted by molar-refractivity contribution is 5.89. The van der Waals surface area contributed by atoms with E-state index < -0.39 is 11.7 Å². The van der Waals surface area contributed by atoms with Crippen LogP contribution in [0.4, 0.5) is 10.5 Å². The van der Waals surface area contributed by atoms with Gasteiger partial charge in [-0.2, -0.15) is 0 Å². The van der Waals surface area contributed by atoms with Crippen molar-refractivity contribution >= 4 is 22.7 Å². The minimum absolute atomic E-state index is 0.287. The molecule has 0 spiro atoms. The number of carbonyl (C=O) groups excluding carboxylic acids is 1. The Morgan fingerprint density at radius 3 is 2.90 bits per heavy atom. The maximum atomic E-state index is 12.2. The molecule has 1 amide bonds. The SMILES string of the molecule is CCOC(=O)Nc1ccc2c(CN(C)C3CCCc4ccccc43)cc(=O)oc2c1. The van der Waals surface area contributed by atoms with Gasteiger partial charge >= 0.3 is 11.7 Å². The number of hydrogen-bond acceptors (Lipinski definition) is 5. The fraction of sp³-hybridized carbons (Fsp3) is 0.333. The lowest BCUT2D eigenvalue weighted by molar-refractivity contribution is 0.168. The van der Waals surface area contributed by atoms with E-state index >= 15 is 0 Å². The van der Waals surface area contributed by atoms with Gasteiger partial charge in [-0.15, -0.1) is 0 Å². The molecule has 0 saturated carbocycles. The van der Waals surface area contributed by atoms with E-state index in [1.54, 1.807) is 25.1 Å². The van der Waals surface area contributed by atoms with E-state index in [1.165, 1.54) is 11.1 Å². The molecule has 1 aliphatic rings. The molecule has 156 valence electrons. The Morgan fingerprint density at radius 2 is 2.07 bits per heavy atom. The van der Waals surface area contributed by atoms with Crippen molar-refractivity contribution in [2.75, 3.05) is 19.0 Å². The summed E-state index contributed by atoms with van der Waals surface area (Å²) in [6.07, 6.45) is 2.84. The second kappa shape index (κ2) is 8.71. The third kappa shape index (κ3) is 4.24. The van der Waals surface area contributed by atoms with Crippen molar-refractivity contribution in [3.63, 3.8) is 0 Å². The molecule has 1 aromatic heterocycles. The number of rotatable bonds is 5. The first-order valence-corrected chi connectivity index (χ1v) is 10.3. The number of anilines is 1. The van der Waals surface area contributed by atoms with Crippen molar-refractivity contribution in [1.29, 1.82) is 0 Å². The van der Waals surface area contributed by atoms with Crippen LogP contribution in [0.15, 0.2) is 57.7 Å². The van der Waals surface area contributed by atoms with Gasteiger partial charge in [0.25, 0.3) is 0 Å². The fourth-order valence-electron chi connectivity index (χ4n) is 4.29. The topological polar surface area (TPSA) is 71.8 Å². The number of fused-ring (bicyclic) bond motifs is 2. The Morgan fingerprint density at radius 1 is 1.23 bits per heavy atom. The molecule has 0 saturated heterocycles. The largest absolute Gasteiger partial charge is 0.450 e. The molecule has 0 bridgehead atoms. The van der Waals surface area contributed by atoms with Crippen LogP contribution < -0.4 is 10.9 Å². The van der Waals surface area contributed by atoms with Crippen LogP contribution in [0, 0.1) is 0 Å². The summed E-state index contributed by atoms with van der Waals surface area (Å²) in [6.45, 7) is 2.66. The average Bonchev–Trinajstić information content (AvgIpc) is 2.73. The number of hydrogen-bond donors (Lipinski definition) is 1. The Labute approximate surface area is 175 Å². The van der Waals surface area contributed by atoms with E-state index in [0.717, 1.165) is 30.2 Å². The molecule has 1 heterocycles. The third-order valence-electron chi connectivity index (χ3n) is 5.64. The summed E-state index contributed by atoms with van der Waals surface area (Å²) in [5.74, 6) is 0. The summed E-state index contributed by atoms with van der Waals surface area (Å²) in [5.41, 5.74) is 4.27. The van der Waals surface area contributed by atoms with Gasteiger partial charge in [0.15, 0.2) is 0 Å². The monoisotopic (exact) mass is 406 g/mol. The number of aryl methyl sites for hydroxylation is 1. The predicted octanol–water partition coefficient (Wildman–Crippen LogP) is 4.87. The van der Waals surface area contributed by atoms with Gasteiger partial charge in [-0.3, -0.25) is 10.2 Å². The molecule has 6 nitrogen and oxygen atoms in total. The van der Waals surface area contributed by atoms with Crippen molar-refractivity contribution < 1.29 is 13.9 Å². The van der Waals surface area contributed by atoms with E-state index in [4.69, 9.17) is 9.15 Å². The maximum absolute atomic E-state index is 12.2. The normalized spacial score (nSPS) is 15.8. The van der Waals surface area contributed by atoms with Gasteiger partial charge < -0.3 is 9.15 Å². The van der Waals surface area contributed by atoms with E-state index in [1.807, 2.05) is 6.07 Å². The molecule has 0 radical (unpaired) electrons. The van der Waals surface area contributed by atoms with Gasteiger partial charge in [0.2, 0.25) is 0 Å². The molecule has 4 rings (SSSR count). The highest BCUT2D eigenvalue weighted by atomic mass is 16.5. The van der Waals surface area contributed by atoms with Gasteiger partial charge in [0, 0.05) is 35.8 Å². The van der Waals surface area contributed by atoms with Crippen molar-refractivity contribution in [3.05, 3.63) is 75.6 Å². The lowest BCUT2D eigenvalue weighted by atomic mass is 9.87. The molecular weight excluding hydrogens is 380 g/mol. The molecule has 1 unspecified atom stereocenters. The number of ether oxygens (including phenoxy) is 1. The van der Waals surface area contributed by atoms with Crippen LogP contribution in [-0.4, -0.2) is 24.6 Å². The van der Waals surface area contributed by atoms with Crippen molar-refractivity contribution in [3.8, 4) is 0 Å². The number of nitrogens with zero attached hydrogens (tertiary/aromatic N) is 1. The zero-order valence-electron chi connectivity index (χ0n) is 17.3. The summed E-state index contributed by atoms with van der Waals surface area (Å²) in [6, 6.07) is 15.8. The smallest absolute Gasteiger partial charge is 0.411 e. The predicted molar refractivity (Wildman–Crippen MR) is 117 cm³/mol. The minimum Gasteiger partial charge on any atom is -0.450 e. The number of carbonyl (C=O) groups is 1. The summed E-state index contributed by atoms with van der Waals surface area (Å²) < 4.78 is 10.3. The summed E-state index contributed by atoms with van der Waals surface area (Å²) >= 11 is 0. The quantitative estimate of drug-likeness (QED) is 0.612. The van der Waals surface area contributed by atoms with Gasteiger partial charge in [-0.05, 0) is 62.1 Å². The van der Waals surface area contributed by atoms with Crippen LogP contribution in [-0.2, 0) is 17.7 Å². The molecule has 1 N–H and O–H groups in total. The van der Waals surface area contributed by atoms with Crippen LogP contribution >= 0.6 is 0 Å². The van der Waals surface area contributed by atoms with Crippen LogP contribution in [0.3, 0.4) is 0 Å². The highest BCUT2D eigenvalue weighted by Crippen LogP contribution is 2.34. The van der Waals surface area contributed by atoms with Gasteiger partial charge in [-0.25, -0.2) is 9.59 Å². The Balaban J connectivity index is 1.61. The van der Waals surface area contributed by atoms with E-state index in [2.05, 4.69) is 41.5 Å². The van der Waals surface area contributed by atoms with Crippen LogP contribution in [0.1, 0.15) is 42.5 Å². The molecule has 6 heteroatoms. The number of benzene rings is 2. The van der Waals surface area contributed by atoms with Gasteiger partial charge in [0.05, 0.1) is 6.61 Å². The first kappa shape index (κ1) is 20.2. The maximum Gasteiger partial charge on any atom is 0.411 e. The lowest BCUT2D eigenvalue weighted by Gasteiger charge is -2.33. The first-order valence-electron chi connectivity index (χ1n) is 10.3. The van der Waals surface area contributed by atoms with Crippen molar-refractivity contribution in [1.82, 2.24) is 4.90 Å². The summed E-state index contributed by atoms with van der Waals surface area (Å²) in [7, 11) is 2.10. The van der Waals surface area contributed by atoms with Crippen molar-refractivity contribution in [2.45, 2.75) is 38.8 Å². The van der Waals surface area contributed by atoms with Crippen LogP contribution in [0.5, 0.6) is 0 Å². The molecule has 30 heavy (non-hydrogen) atoms. The van der Waals surface area contributed by atoms with Crippen LogP contribution in [0.2, 0.25) is 0 Å². The Kier molecular flexibility index (Phi) is 5.86. The summed E-state index contributed by atoms with van der Waals surface area (Å²) in [4.78, 5) is 26.2. The van der Waals surface area contributed by atoms with E-state index in [-0.39, 0.29) is 6.61 Å². The Bertz CT molecular complexity index is 1120. The molecule has 1 atom stereocenters. The molecule has 3 aromatic rings. The molecular formula is C24H26N2O4. The molecule has 1 aliphatic carbocycles. The molecule has 2 aromatic carbocycles. The molecule has 0 fully saturated rings.